The van der Waals surface area contributed by atoms with E-state index in [4.69, 9.17) is 0 Å². The average molecular weight is 334 g/mol. The SMILES string of the molecule is C[Si](C)(C)c1c(F)ccc(F)c1OS(=O)(=O)C(F)(F)F. The molecule has 0 bridgehead atoms. The van der Waals surface area contributed by atoms with Gasteiger partial charge in [0.1, 0.15) is 5.82 Å². The van der Waals surface area contributed by atoms with E-state index in [-0.39, 0.29) is 0 Å². The lowest BCUT2D eigenvalue weighted by Crippen LogP contribution is -2.43. The molecule has 0 amide bonds. The topological polar surface area (TPSA) is 43.4 Å². The van der Waals surface area contributed by atoms with E-state index in [1.165, 1.54) is 19.6 Å². The van der Waals surface area contributed by atoms with E-state index >= 15 is 0 Å². The first-order valence-electron chi connectivity index (χ1n) is 5.26. The van der Waals surface area contributed by atoms with Gasteiger partial charge in [-0.1, -0.05) is 19.6 Å². The fraction of sp³-hybridized carbons (Fsp3) is 0.400. The maximum Gasteiger partial charge on any atom is 0.534 e. The normalized spacial score (nSPS) is 13.4. The zero-order valence-electron chi connectivity index (χ0n) is 10.7. The summed E-state index contributed by atoms with van der Waals surface area (Å²) in [6, 6.07) is 1.23. The molecule has 0 atom stereocenters. The van der Waals surface area contributed by atoms with Crippen molar-refractivity contribution in [3.05, 3.63) is 23.8 Å². The molecule has 0 aliphatic carbocycles. The average Bonchev–Trinajstić information content (AvgIpc) is 2.19. The van der Waals surface area contributed by atoms with E-state index in [1.54, 1.807) is 0 Å². The highest BCUT2D eigenvalue weighted by molar-refractivity contribution is 7.88. The maximum absolute atomic E-state index is 13.7. The Kier molecular flexibility index (Phi) is 4.21. The Bertz CT molecular complexity index is 619. The van der Waals surface area contributed by atoms with Crippen LogP contribution in [0, 0.1) is 11.6 Å². The van der Waals surface area contributed by atoms with Crippen LogP contribution in [0.15, 0.2) is 12.1 Å². The Morgan fingerprint density at radius 2 is 1.50 bits per heavy atom. The van der Waals surface area contributed by atoms with Crippen LogP contribution in [0.25, 0.3) is 0 Å². The molecule has 1 aromatic rings. The fourth-order valence-corrected chi connectivity index (χ4v) is 3.67. The van der Waals surface area contributed by atoms with Gasteiger partial charge < -0.3 is 4.18 Å². The summed E-state index contributed by atoms with van der Waals surface area (Å²) in [5.41, 5.74) is -5.72. The Balaban J connectivity index is 3.51. The summed E-state index contributed by atoms with van der Waals surface area (Å²) < 4.78 is 89.8. The molecule has 0 aromatic heterocycles. The molecule has 3 nitrogen and oxygen atoms in total. The van der Waals surface area contributed by atoms with Gasteiger partial charge in [0, 0.05) is 5.19 Å². The van der Waals surface area contributed by atoms with E-state index in [0.717, 1.165) is 6.07 Å². The zero-order valence-corrected chi connectivity index (χ0v) is 12.5. The van der Waals surface area contributed by atoms with E-state index in [1.807, 2.05) is 0 Å². The lowest BCUT2D eigenvalue weighted by atomic mass is 10.3. The highest BCUT2D eigenvalue weighted by Gasteiger charge is 2.49. The fourth-order valence-electron chi connectivity index (χ4n) is 1.47. The maximum atomic E-state index is 13.7. The summed E-state index contributed by atoms with van der Waals surface area (Å²) in [4.78, 5) is 0. The van der Waals surface area contributed by atoms with Gasteiger partial charge in [-0.2, -0.15) is 21.6 Å². The van der Waals surface area contributed by atoms with E-state index in [0.29, 0.717) is 6.07 Å². The molecule has 0 N–H and O–H groups in total. The van der Waals surface area contributed by atoms with Gasteiger partial charge >= 0.3 is 15.6 Å². The van der Waals surface area contributed by atoms with Crippen LogP contribution < -0.4 is 9.37 Å². The third-order valence-electron chi connectivity index (χ3n) is 2.29. The molecule has 10 heteroatoms. The first kappa shape index (κ1) is 16.9. The predicted octanol–water partition coefficient (Wildman–Crippen LogP) is 2.74. The van der Waals surface area contributed by atoms with Crippen molar-refractivity contribution in [2.45, 2.75) is 25.1 Å². The minimum atomic E-state index is -6.06. The summed E-state index contributed by atoms with van der Waals surface area (Å²) in [6.45, 7) is 4.54. The minimum absolute atomic E-state index is 0.453. The number of hydrogen-bond acceptors (Lipinski definition) is 3. The summed E-state index contributed by atoms with van der Waals surface area (Å²) >= 11 is 0. The molecular formula is C10H11F5O3SSi. The largest absolute Gasteiger partial charge is 0.534 e. The van der Waals surface area contributed by atoms with Gasteiger partial charge in [0.15, 0.2) is 11.6 Å². The molecule has 0 heterocycles. The summed E-state index contributed by atoms with van der Waals surface area (Å²) in [5, 5.41) is -0.453. The summed E-state index contributed by atoms with van der Waals surface area (Å²) in [6.07, 6.45) is 0. The number of hydrogen-bond donors (Lipinski definition) is 0. The first-order chi connectivity index (χ1) is 8.77. The van der Waals surface area contributed by atoms with Crippen molar-refractivity contribution in [1.29, 1.82) is 0 Å². The highest BCUT2D eigenvalue weighted by atomic mass is 32.2. The van der Waals surface area contributed by atoms with Gasteiger partial charge in [0.25, 0.3) is 0 Å². The van der Waals surface area contributed by atoms with Gasteiger partial charge in [-0.3, -0.25) is 0 Å². The van der Waals surface area contributed by atoms with Crippen molar-refractivity contribution < 1.29 is 34.6 Å². The second-order valence-electron chi connectivity index (χ2n) is 4.97. The lowest BCUT2D eigenvalue weighted by molar-refractivity contribution is -0.0500. The van der Waals surface area contributed by atoms with Crippen molar-refractivity contribution in [3.63, 3.8) is 0 Å². The van der Waals surface area contributed by atoms with E-state index < -0.39 is 46.3 Å². The number of rotatable bonds is 3. The molecule has 0 saturated carbocycles. The molecule has 0 unspecified atom stereocenters. The number of halogens is 5. The molecule has 1 aromatic carbocycles. The van der Waals surface area contributed by atoms with Crippen molar-refractivity contribution >= 4 is 23.4 Å². The molecule has 0 aliphatic rings. The lowest BCUT2D eigenvalue weighted by Gasteiger charge is -2.22. The Hall–Kier alpha value is -1.16. The van der Waals surface area contributed by atoms with Crippen LogP contribution >= 0.6 is 0 Å². The molecule has 0 saturated heterocycles. The van der Waals surface area contributed by atoms with Gasteiger partial charge in [-0.05, 0) is 12.1 Å². The summed E-state index contributed by atoms with van der Waals surface area (Å²) in [7, 11) is -8.74. The van der Waals surface area contributed by atoms with Crippen molar-refractivity contribution in [2.24, 2.45) is 0 Å². The van der Waals surface area contributed by atoms with Gasteiger partial charge in [-0.15, -0.1) is 0 Å². The second-order valence-corrected chi connectivity index (χ2v) is 11.5. The molecular weight excluding hydrogens is 323 g/mol. The van der Waals surface area contributed by atoms with Gasteiger partial charge in [0.05, 0.1) is 8.07 Å². The quantitative estimate of drug-likeness (QED) is 0.369. The highest BCUT2D eigenvalue weighted by Crippen LogP contribution is 2.29. The molecule has 1 rings (SSSR count). The summed E-state index contributed by atoms with van der Waals surface area (Å²) in [5.74, 6) is -3.59. The van der Waals surface area contributed by atoms with Crippen molar-refractivity contribution in [2.75, 3.05) is 0 Å². The predicted molar refractivity (Wildman–Crippen MR) is 64.9 cm³/mol. The third kappa shape index (κ3) is 3.29. The Morgan fingerprint density at radius 1 is 1.05 bits per heavy atom. The Morgan fingerprint density at radius 3 is 1.90 bits per heavy atom. The second kappa shape index (κ2) is 4.99. The van der Waals surface area contributed by atoms with E-state index in [9.17, 15) is 30.4 Å². The van der Waals surface area contributed by atoms with Crippen LogP contribution in [0.2, 0.25) is 19.6 Å². The molecule has 20 heavy (non-hydrogen) atoms. The third-order valence-corrected chi connectivity index (χ3v) is 5.20. The monoisotopic (exact) mass is 334 g/mol. The van der Waals surface area contributed by atoms with Gasteiger partial charge in [0.2, 0.25) is 0 Å². The van der Waals surface area contributed by atoms with Crippen LogP contribution in [-0.4, -0.2) is 22.0 Å². The molecule has 0 fully saturated rings. The molecule has 0 radical (unpaired) electrons. The van der Waals surface area contributed by atoms with Crippen LogP contribution in [0.1, 0.15) is 0 Å². The van der Waals surface area contributed by atoms with Crippen LogP contribution in [0.5, 0.6) is 5.75 Å². The van der Waals surface area contributed by atoms with Crippen molar-refractivity contribution in [3.8, 4) is 5.75 Å². The Labute approximate surface area is 113 Å². The van der Waals surface area contributed by atoms with Gasteiger partial charge in [-0.25, -0.2) is 8.78 Å². The molecule has 114 valence electrons. The standard InChI is InChI=1S/C10H11F5O3SSi/c1-20(2,3)9-7(12)5-4-6(11)8(9)18-19(16,17)10(13,14)15/h4-5H,1-3H3. The molecule has 0 aliphatic heterocycles. The smallest absolute Gasteiger partial charge is 0.373 e. The van der Waals surface area contributed by atoms with E-state index in [2.05, 4.69) is 4.18 Å². The number of benzene rings is 1. The zero-order chi connectivity index (χ0) is 15.9. The van der Waals surface area contributed by atoms with Crippen LogP contribution in [0.4, 0.5) is 22.0 Å². The molecule has 0 spiro atoms. The van der Waals surface area contributed by atoms with Crippen molar-refractivity contribution in [1.82, 2.24) is 0 Å². The first-order valence-corrected chi connectivity index (χ1v) is 10.2. The van der Waals surface area contributed by atoms with Crippen LogP contribution in [-0.2, 0) is 10.1 Å². The minimum Gasteiger partial charge on any atom is -0.373 e. The van der Waals surface area contributed by atoms with Crippen LogP contribution in [0.3, 0.4) is 0 Å². The number of alkyl halides is 3.